The maximum atomic E-state index is 10.5. The smallest absolute Gasteiger partial charge is 0.259 e. The first-order chi connectivity index (χ1) is 9.17. The Morgan fingerprint density at radius 3 is 2.58 bits per heavy atom. The number of hydrogen-bond donors (Lipinski definition) is 2. The van der Waals surface area contributed by atoms with Crippen LogP contribution in [0.2, 0.25) is 0 Å². The van der Waals surface area contributed by atoms with Gasteiger partial charge in [0.1, 0.15) is 5.60 Å². The van der Waals surface area contributed by atoms with Crippen LogP contribution in [-0.2, 0) is 5.60 Å². The molecular weight excluding hydrogens is 310 g/mol. The largest absolute Gasteiger partial charge is 0.380 e. The highest BCUT2D eigenvalue weighted by Crippen LogP contribution is 2.30. The van der Waals surface area contributed by atoms with E-state index in [4.69, 9.17) is 4.52 Å². The van der Waals surface area contributed by atoms with Crippen molar-refractivity contribution in [2.75, 3.05) is 13.1 Å². The van der Waals surface area contributed by atoms with Crippen molar-refractivity contribution in [1.29, 1.82) is 0 Å². The molecule has 1 fully saturated rings. The number of aliphatic hydroxyl groups is 1. The maximum absolute atomic E-state index is 10.5. The highest BCUT2D eigenvalue weighted by Gasteiger charge is 2.37. The van der Waals surface area contributed by atoms with Crippen molar-refractivity contribution in [3.8, 4) is 11.4 Å². The lowest BCUT2D eigenvalue weighted by molar-refractivity contribution is -0.0228. The molecule has 0 aliphatic carbocycles. The van der Waals surface area contributed by atoms with Crippen molar-refractivity contribution in [3.05, 3.63) is 34.6 Å². The van der Waals surface area contributed by atoms with Gasteiger partial charge in [-0.05, 0) is 50.2 Å². The SMILES string of the molecule is OC1(c2nc(-c3ccc(Br)cc3)no2)CCNCC1. The fraction of sp³-hybridized carbons (Fsp3) is 0.385. The summed E-state index contributed by atoms with van der Waals surface area (Å²) in [6, 6.07) is 7.66. The molecule has 100 valence electrons. The third kappa shape index (κ3) is 2.56. The number of rotatable bonds is 2. The Morgan fingerprint density at radius 1 is 1.21 bits per heavy atom. The average Bonchev–Trinajstić information content (AvgIpc) is 2.91. The number of piperidine rings is 1. The van der Waals surface area contributed by atoms with Crippen LogP contribution in [0.15, 0.2) is 33.3 Å². The summed E-state index contributed by atoms with van der Waals surface area (Å²) < 4.78 is 6.24. The first-order valence-electron chi connectivity index (χ1n) is 6.21. The minimum atomic E-state index is -0.994. The molecule has 1 aromatic heterocycles. The van der Waals surface area contributed by atoms with Gasteiger partial charge in [-0.2, -0.15) is 4.98 Å². The summed E-state index contributed by atoms with van der Waals surface area (Å²) in [5.41, 5.74) is -0.123. The Bertz CT molecular complexity index is 562. The van der Waals surface area contributed by atoms with E-state index in [0.717, 1.165) is 23.1 Å². The monoisotopic (exact) mass is 323 g/mol. The predicted octanol–water partition coefficient (Wildman–Crippen LogP) is 2.07. The van der Waals surface area contributed by atoms with Crippen molar-refractivity contribution >= 4 is 15.9 Å². The van der Waals surface area contributed by atoms with E-state index in [0.29, 0.717) is 24.6 Å². The quantitative estimate of drug-likeness (QED) is 0.885. The number of aromatic nitrogens is 2. The van der Waals surface area contributed by atoms with Gasteiger partial charge in [0.2, 0.25) is 5.82 Å². The van der Waals surface area contributed by atoms with Gasteiger partial charge in [0.15, 0.2) is 0 Å². The van der Waals surface area contributed by atoms with E-state index in [1.165, 1.54) is 0 Å². The molecule has 3 rings (SSSR count). The Hall–Kier alpha value is -1.24. The Kier molecular flexibility index (Phi) is 3.38. The molecule has 0 spiro atoms. The minimum Gasteiger partial charge on any atom is -0.380 e. The second kappa shape index (κ2) is 5.03. The molecule has 1 aliphatic rings. The Labute approximate surface area is 119 Å². The van der Waals surface area contributed by atoms with Crippen molar-refractivity contribution in [3.63, 3.8) is 0 Å². The average molecular weight is 324 g/mol. The molecule has 1 saturated heterocycles. The van der Waals surface area contributed by atoms with Gasteiger partial charge in [-0.25, -0.2) is 0 Å². The molecule has 1 aliphatic heterocycles. The molecule has 0 radical (unpaired) electrons. The number of halogens is 1. The topological polar surface area (TPSA) is 71.2 Å². The van der Waals surface area contributed by atoms with E-state index in [2.05, 4.69) is 31.4 Å². The van der Waals surface area contributed by atoms with Crippen molar-refractivity contribution in [1.82, 2.24) is 15.5 Å². The predicted molar refractivity (Wildman–Crippen MR) is 73.4 cm³/mol. The van der Waals surface area contributed by atoms with Gasteiger partial charge in [-0.3, -0.25) is 0 Å². The van der Waals surface area contributed by atoms with Crippen LogP contribution in [0, 0.1) is 0 Å². The molecule has 19 heavy (non-hydrogen) atoms. The first kappa shape index (κ1) is 12.8. The highest BCUT2D eigenvalue weighted by molar-refractivity contribution is 9.10. The molecule has 0 bridgehead atoms. The molecule has 2 N–H and O–H groups in total. The lowest BCUT2D eigenvalue weighted by atomic mass is 9.92. The van der Waals surface area contributed by atoms with Gasteiger partial charge in [0, 0.05) is 10.0 Å². The second-order valence-corrected chi connectivity index (χ2v) is 5.63. The van der Waals surface area contributed by atoms with E-state index in [1.54, 1.807) is 0 Å². The summed E-state index contributed by atoms with van der Waals surface area (Å²) in [6.07, 6.45) is 1.18. The number of benzene rings is 1. The summed E-state index contributed by atoms with van der Waals surface area (Å²) in [5.74, 6) is 0.821. The second-order valence-electron chi connectivity index (χ2n) is 4.71. The normalized spacial score (nSPS) is 18.4. The molecule has 1 aromatic carbocycles. The molecule has 0 unspecified atom stereocenters. The molecule has 2 aromatic rings. The summed E-state index contributed by atoms with van der Waals surface area (Å²) >= 11 is 3.38. The van der Waals surface area contributed by atoms with E-state index >= 15 is 0 Å². The highest BCUT2D eigenvalue weighted by atomic mass is 79.9. The van der Waals surface area contributed by atoms with Crippen LogP contribution in [0.4, 0.5) is 0 Å². The van der Waals surface area contributed by atoms with Crippen LogP contribution in [0.25, 0.3) is 11.4 Å². The fourth-order valence-corrected chi connectivity index (χ4v) is 2.45. The fourth-order valence-electron chi connectivity index (χ4n) is 2.18. The van der Waals surface area contributed by atoms with Crippen LogP contribution < -0.4 is 5.32 Å². The van der Waals surface area contributed by atoms with Gasteiger partial charge in [-0.15, -0.1) is 0 Å². The molecule has 0 amide bonds. The van der Waals surface area contributed by atoms with E-state index in [1.807, 2.05) is 24.3 Å². The van der Waals surface area contributed by atoms with Crippen molar-refractivity contribution in [2.45, 2.75) is 18.4 Å². The summed E-state index contributed by atoms with van der Waals surface area (Å²) in [4.78, 5) is 4.33. The van der Waals surface area contributed by atoms with Gasteiger partial charge in [-0.1, -0.05) is 21.1 Å². The Morgan fingerprint density at radius 2 is 1.89 bits per heavy atom. The standard InChI is InChI=1S/C13H14BrN3O2/c14-10-3-1-9(2-4-10)11-16-12(19-17-11)13(18)5-7-15-8-6-13/h1-4,15,18H,5-8H2. The minimum absolute atomic E-state index is 0.312. The summed E-state index contributed by atoms with van der Waals surface area (Å²) in [6.45, 7) is 1.51. The number of nitrogens with zero attached hydrogens (tertiary/aromatic N) is 2. The molecule has 0 atom stereocenters. The van der Waals surface area contributed by atoms with Gasteiger partial charge >= 0.3 is 0 Å². The molecular formula is C13H14BrN3O2. The summed E-state index contributed by atoms with van der Waals surface area (Å²) in [7, 11) is 0. The zero-order valence-electron chi connectivity index (χ0n) is 10.3. The molecule has 0 saturated carbocycles. The summed E-state index contributed by atoms with van der Waals surface area (Å²) in [5, 5.41) is 17.7. The maximum Gasteiger partial charge on any atom is 0.259 e. The van der Waals surface area contributed by atoms with Gasteiger partial charge in [0.25, 0.3) is 5.89 Å². The lowest BCUT2D eigenvalue weighted by Crippen LogP contribution is -2.39. The number of nitrogens with one attached hydrogen (secondary N) is 1. The zero-order chi connectivity index (χ0) is 13.3. The van der Waals surface area contributed by atoms with E-state index < -0.39 is 5.60 Å². The van der Waals surface area contributed by atoms with E-state index in [-0.39, 0.29) is 0 Å². The molecule has 2 heterocycles. The lowest BCUT2D eigenvalue weighted by Gasteiger charge is -2.28. The van der Waals surface area contributed by atoms with Crippen LogP contribution in [0.5, 0.6) is 0 Å². The van der Waals surface area contributed by atoms with Crippen molar-refractivity contribution < 1.29 is 9.63 Å². The molecule has 6 heteroatoms. The van der Waals surface area contributed by atoms with E-state index in [9.17, 15) is 5.11 Å². The third-order valence-electron chi connectivity index (χ3n) is 3.36. The van der Waals surface area contributed by atoms with Crippen LogP contribution >= 0.6 is 15.9 Å². The van der Waals surface area contributed by atoms with Crippen LogP contribution in [-0.4, -0.2) is 28.3 Å². The Balaban J connectivity index is 1.88. The van der Waals surface area contributed by atoms with Gasteiger partial charge in [0.05, 0.1) is 0 Å². The van der Waals surface area contributed by atoms with Crippen LogP contribution in [0.3, 0.4) is 0 Å². The molecule has 5 nitrogen and oxygen atoms in total. The van der Waals surface area contributed by atoms with Crippen LogP contribution in [0.1, 0.15) is 18.7 Å². The van der Waals surface area contributed by atoms with Crippen molar-refractivity contribution in [2.24, 2.45) is 0 Å². The van der Waals surface area contributed by atoms with Gasteiger partial charge < -0.3 is 14.9 Å². The third-order valence-corrected chi connectivity index (χ3v) is 3.89. The first-order valence-corrected chi connectivity index (χ1v) is 7.00. The number of hydrogen-bond acceptors (Lipinski definition) is 5. The zero-order valence-corrected chi connectivity index (χ0v) is 11.9.